The van der Waals surface area contributed by atoms with E-state index in [-0.39, 0.29) is 0 Å². The quantitative estimate of drug-likeness (QED) is 0.667. The average Bonchev–Trinajstić information content (AvgIpc) is 2.23. The highest BCUT2D eigenvalue weighted by molar-refractivity contribution is 5.70. The second-order valence-corrected chi connectivity index (χ2v) is 4.13. The van der Waals surface area contributed by atoms with E-state index in [9.17, 15) is 0 Å². The number of hydrogen-bond acceptors (Lipinski definition) is 0. The van der Waals surface area contributed by atoms with E-state index in [0.717, 1.165) is 12.8 Å². The first kappa shape index (κ1) is 12.0. The maximum Gasteiger partial charge on any atom is -0.0169 e. The Morgan fingerprint density at radius 3 is 2.00 bits per heavy atom. The third-order valence-corrected chi connectivity index (χ3v) is 3.05. The van der Waals surface area contributed by atoms with Crippen molar-refractivity contribution in [2.75, 3.05) is 0 Å². The molecule has 0 bridgehead atoms. The first-order valence-electron chi connectivity index (χ1n) is 5.89. The minimum absolute atomic E-state index is 1.11. The molecule has 0 heterocycles. The van der Waals surface area contributed by atoms with Crippen LogP contribution >= 0.6 is 0 Å². The minimum atomic E-state index is 1.11. The molecule has 1 aromatic carbocycles. The maximum atomic E-state index is 2.32. The van der Waals surface area contributed by atoms with Crippen molar-refractivity contribution in [3.8, 4) is 0 Å². The molecule has 0 amide bonds. The zero-order chi connectivity index (χ0) is 11.4. The molecule has 0 radical (unpaired) electrons. The van der Waals surface area contributed by atoms with Crippen molar-refractivity contribution < 1.29 is 0 Å². The van der Waals surface area contributed by atoms with Crippen molar-refractivity contribution in [2.45, 2.75) is 47.5 Å². The van der Waals surface area contributed by atoms with E-state index in [2.05, 4.69) is 52.8 Å². The molecule has 0 aliphatic carbocycles. The van der Waals surface area contributed by atoms with Gasteiger partial charge in [0.05, 0.1) is 0 Å². The molecule has 82 valence electrons. The van der Waals surface area contributed by atoms with Gasteiger partial charge in [0.2, 0.25) is 0 Å². The lowest BCUT2D eigenvalue weighted by atomic mass is 9.91. The van der Waals surface area contributed by atoms with E-state index in [1.54, 1.807) is 0 Å². The summed E-state index contributed by atoms with van der Waals surface area (Å²) in [6.07, 6.45) is 4.48. The molecule has 0 heteroatoms. The number of aryl methyl sites for hydroxylation is 3. The van der Waals surface area contributed by atoms with Crippen molar-refractivity contribution in [3.05, 3.63) is 40.5 Å². The second-order valence-electron chi connectivity index (χ2n) is 4.13. The van der Waals surface area contributed by atoms with Gasteiger partial charge in [-0.3, -0.25) is 0 Å². The summed E-state index contributed by atoms with van der Waals surface area (Å²) >= 11 is 0. The summed E-state index contributed by atoms with van der Waals surface area (Å²) in [5, 5.41) is 0. The molecule has 1 rings (SSSR count). The van der Waals surface area contributed by atoms with Crippen LogP contribution in [0.5, 0.6) is 0 Å². The molecule has 0 aromatic heterocycles. The van der Waals surface area contributed by atoms with Crippen molar-refractivity contribution in [2.24, 2.45) is 0 Å². The molecular weight excluding hydrogens is 180 g/mol. The molecule has 0 atom stereocenters. The van der Waals surface area contributed by atoms with Gasteiger partial charge in [-0.05, 0) is 61.4 Å². The van der Waals surface area contributed by atoms with Crippen LogP contribution in [0.15, 0.2) is 18.2 Å². The van der Waals surface area contributed by atoms with Gasteiger partial charge in [-0.25, -0.2) is 0 Å². The van der Waals surface area contributed by atoms with Crippen LogP contribution in [0.3, 0.4) is 0 Å². The smallest absolute Gasteiger partial charge is 0.0169 e. The standard InChI is InChI=1S/C15H22/c1-6-13-9-11(4)15(12(5)10-13)14(7-2)8-3/h7,9-10H,6,8H2,1-5H3. The van der Waals surface area contributed by atoms with Crippen LogP contribution in [0.1, 0.15) is 49.4 Å². The predicted octanol–water partition coefficient (Wildman–Crippen LogP) is 4.68. The number of benzene rings is 1. The molecule has 0 N–H and O–H groups in total. The largest absolute Gasteiger partial charge is 0.0838 e. The molecule has 15 heavy (non-hydrogen) atoms. The lowest BCUT2D eigenvalue weighted by Crippen LogP contribution is -1.95. The SMILES string of the molecule is CC=C(CC)c1c(C)cc(CC)cc1C. The zero-order valence-corrected chi connectivity index (χ0v) is 10.6. The Bertz CT molecular complexity index is 347. The predicted molar refractivity (Wildman–Crippen MR) is 69.2 cm³/mol. The highest BCUT2D eigenvalue weighted by Crippen LogP contribution is 2.26. The summed E-state index contributed by atoms with van der Waals surface area (Å²) in [5.41, 5.74) is 7.20. The van der Waals surface area contributed by atoms with Gasteiger partial charge in [0.25, 0.3) is 0 Å². The third kappa shape index (κ3) is 2.50. The Labute approximate surface area is 94.0 Å². The van der Waals surface area contributed by atoms with Crippen molar-refractivity contribution >= 4 is 5.57 Å². The first-order chi connectivity index (χ1) is 7.13. The molecule has 0 saturated heterocycles. The van der Waals surface area contributed by atoms with Crippen molar-refractivity contribution in [3.63, 3.8) is 0 Å². The Morgan fingerprint density at radius 2 is 1.67 bits per heavy atom. The highest BCUT2D eigenvalue weighted by Gasteiger charge is 2.07. The van der Waals surface area contributed by atoms with E-state index in [1.807, 2.05) is 0 Å². The molecule has 0 aliphatic rings. The highest BCUT2D eigenvalue weighted by atomic mass is 14.1. The molecule has 0 nitrogen and oxygen atoms in total. The van der Waals surface area contributed by atoms with E-state index in [0.29, 0.717) is 0 Å². The normalized spacial score (nSPS) is 11.9. The van der Waals surface area contributed by atoms with Crippen LogP contribution in [0.2, 0.25) is 0 Å². The molecule has 0 saturated carbocycles. The van der Waals surface area contributed by atoms with Gasteiger partial charge in [-0.2, -0.15) is 0 Å². The minimum Gasteiger partial charge on any atom is -0.0838 e. The molecule has 0 fully saturated rings. The van der Waals surface area contributed by atoms with Gasteiger partial charge >= 0.3 is 0 Å². The van der Waals surface area contributed by atoms with E-state index < -0.39 is 0 Å². The second kappa shape index (κ2) is 5.16. The van der Waals surface area contributed by atoms with Gasteiger partial charge in [-0.1, -0.05) is 32.1 Å². The van der Waals surface area contributed by atoms with Crippen LogP contribution in [0, 0.1) is 13.8 Å². The van der Waals surface area contributed by atoms with Crippen LogP contribution in [-0.2, 0) is 6.42 Å². The first-order valence-corrected chi connectivity index (χ1v) is 5.89. The van der Waals surface area contributed by atoms with Gasteiger partial charge in [0, 0.05) is 0 Å². The Morgan fingerprint density at radius 1 is 1.13 bits per heavy atom. The Kier molecular flexibility index (Phi) is 4.14. The number of allylic oxidation sites excluding steroid dienone is 2. The van der Waals surface area contributed by atoms with Crippen LogP contribution in [0.4, 0.5) is 0 Å². The molecule has 0 spiro atoms. The van der Waals surface area contributed by atoms with Crippen LogP contribution in [-0.4, -0.2) is 0 Å². The average molecular weight is 202 g/mol. The zero-order valence-electron chi connectivity index (χ0n) is 10.6. The fraction of sp³-hybridized carbons (Fsp3) is 0.467. The van der Waals surface area contributed by atoms with E-state index >= 15 is 0 Å². The summed E-state index contributed by atoms with van der Waals surface area (Å²) < 4.78 is 0. The lowest BCUT2D eigenvalue weighted by Gasteiger charge is -2.14. The van der Waals surface area contributed by atoms with Crippen LogP contribution in [0.25, 0.3) is 5.57 Å². The van der Waals surface area contributed by atoms with Gasteiger partial charge in [-0.15, -0.1) is 0 Å². The Balaban J connectivity index is 3.31. The number of hydrogen-bond donors (Lipinski definition) is 0. The maximum absolute atomic E-state index is 2.32. The number of rotatable bonds is 3. The fourth-order valence-electron chi connectivity index (χ4n) is 2.29. The summed E-state index contributed by atoms with van der Waals surface area (Å²) in [4.78, 5) is 0. The molecule has 0 unspecified atom stereocenters. The monoisotopic (exact) mass is 202 g/mol. The molecule has 1 aromatic rings. The Hall–Kier alpha value is -1.04. The van der Waals surface area contributed by atoms with Gasteiger partial charge < -0.3 is 0 Å². The van der Waals surface area contributed by atoms with Gasteiger partial charge in [0.15, 0.2) is 0 Å². The summed E-state index contributed by atoms with van der Waals surface area (Å²) in [5.74, 6) is 0. The topological polar surface area (TPSA) is 0 Å². The lowest BCUT2D eigenvalue weighted by molar-refractivity contribution is 1.11. The molecule has 0 aliphatic heterocycles. The van der Waals surface area contributed by atoms with Crippen LogP contribution < -0.4 is 0 Å². The summed E-state index contributed by atoms with van der Waals surface area (Å²) in [7, 11) is 0. The summed E-state index contributed by atoms with van der Waals surface area (Å²) in [6, 6.07) is 4.64. The summed E-state index contributed by atoms with van der Waals surface area (Å²) in [6.45, 7) is 11.0. The van der Waals surface area contributed by atoms with E-state index in [1.165, 1.54) is 27.8 Å². The third-order valence-electron chi connectivity index (χ3n) is 3.05. The van der Waals surface area contributed by atoms with E-state index in [4.69, 9.17) is 0 Å². The van der Waals surface area contributed by atoms with Gasteiger partial charge in [0.1, 0.15) is 0 Å². The fourth-order valence-corrected chi connectivity index (χ4v) is 2.29. The van der Waals surface area contributed by atoms with Crippen molar-refractivity contribution in [1.82, 2.24) is 0 Å². The molecular formula is C15H22. The van der Waals surface area contributed by atoms with Crippen molar-refractivity contribution in [1.29, 1.82) is 0 Å².